The minimum absolute atomic E-state index is 0.0324. The molecule has 0 radical (unpaired) electrons. The Morgan fingerprint density at radius 2 is 1.70 bits per heavy atom. The number of carbonyl (C=O) groups is 3. The van der Waals surface area contributed by atoms with E-state index in [2.05, 4.69) is 31.7 Å². The van der Waals surface area contributed by atoms with Crippen LogP contribution in [0.4, 0.5) is 36.4 Å². The number of likely N-dealkylation sites (N-methyl/N-ethyl adjacent to an activating group) is 2. The van der Waals surface area contributed by atoms with E-state index in [1.165, 1.54) is 36.3 Å². The average molecular weight is 1250 g/mol. The summed E-state index contributed by atoms with van der Waals surface area (Å²) in [5, 5.41) is 4.87. The number of ether oxygens (including phenoxy) is 2. The van der Waals surface area contributed by atoms with Crippen LogP contribution in [-0.4, -0.2) is 144 Å². The number of anilines is 1. The van der Waals surface area contributed by atoms with E-state index in [1.54, 1.807) is 25.1 Å². The number of amides is 2. The fourth-order valence-electron chi connectivity index (χ4n) is 11.0. The predicted octanol–water partition coefficient (Wildman–Crippen LogP) is 8.47. The van der Waals surface area contributed by atoms with E-state index in [0.717, 1.165) is 23.7 Å². The molecule has 1 aliphatic carbocycles. The van der Waals surface area contributed by atoms with Gasteiger partial charge in [-0.1, -0.05) is 0 Å². The van der Waals surface area contributed by atoms with Crippen LogP contribution in [0.25, 0.3) is 27.9 Å². The third-order valence-electron chi connectivity index (χ3n) is 15.1. The van der Waals surface area contributed by atoms with E-state index in [0.29, 0.717) is 65.5 Å². The number of carbonyl (C=O) groups excluding carboxylic acids is 3. The summed E-state index contributed by atoms with van der Waals surface area (Å²) in [6, 6.07) is 1.55. The maximum absolute atomic E-state index is 16.7. The molecular formula is C54H70F7N9O5Os-2. The van der Waals surface area contributed by atoms with Gasteiger partial charge in [0.1, 0.15) is 6.54 Å². The number of aromatic nitrogens is 2. The topological polar surface area (TPSA) is 137 Å². The summed E-state index contributed by atoms with van der Waals surface area (Å²) in [6.07, 6.45) is -4.38. The van der Waals surface area contributed by atoms with Crippen LogP contribution < -0.4 is 15.6 Å². The second-order valence-electron chi connectivity index (χ2n) is 22.0. The summed E-state index contributed by atoms with van der Waals surface area (Å²) in [6.45, 7) is 17.1. The molecule has 1 aromatic carbocycles. The summed E-state index contributed by atoms with van der Waals surface area (Å²) in [4.78, 5) is 57.7. The summed E-state index contributed by atoms with van der Waals surface area (Å²) in [5.74, 6) is -3.53. The van der Waals surface area contributed by atoms with Gasteiger partial charge in [0, 0.05) is 38.9 Å². The first kappa shape index (κ1) is 59.1. The number of hydrogen-bond acceptors (Lipinski definition) is 11. The van der Waals surface area contributed by atoms with Crippen LogP contribution in [0.3, 0.4) is 0 Å². The van der Waals surface area contributed by atoms with Gasteiger partial charge in [0.05, 0.1) is 23.7 Å². The molecule has 420 valence electrons. The van der Waals surface area contributed by atoms with Crippen molar-refractivity contribution in [2.24, 2.45) is 28.2 Å². The molecule has 2 aromatic heterocycles. The van der Waals surface area contributed by atoms with E-state index < -0.39 is 84.5 Å². The van der Waals surface area contributed by atoms with Crippen molar-refractivity contribution in [3.05, 3.63) is 53.6 Å². The number of halogens is 7. The standard InChI is InChI=1S/C54H70F7N9O5.Os/c1-32(2)46(67(8)49(71)36-14-12-35(13-15-36)26-53(56,57)58)29-63-43-16-17-62-33(3)38-24-39-41(27-52(5,6)31-75-51(73)44-11-10-18-70(65-44)50(43)72)48(69(30-54(59,60)61)45(39)25-42(38)55)40-23-37(28-64-47(40)34(4)74-9)68-21-19-66(7)20-22-68;/h3,23-25,28,32,34-36,43-44,46,63,65H,10-16,18-22,26-27,30-31H2,1-2,4-9H3;/q-2;/t34-,35?,36?,43-,44-,46+;/m0./s1. The van der Waals surface area contributed by atoms with Crippen LogP contribution in [0.1, 0.15) is 109 Å². The molecule has 3 fully saturated rings. The van der Waals surface area contributed by atoms with Gasteiger partial charge in [-0.3, -0.25) is 4.98 Å². The van der Waals surface area contributed by atoms with Crippen molar-refractivity contribution >= 4 is 50.5 Å². The Balaban J connectivity index is 1.29. The monoisotopic (exact) mass is 1250 g/mol. The number of esters is 1. The van der Waals surface area contributed by atoms with Gasteiger partial charge in [-0.15, -0.1) is 0 Å². The molecule has 7 rings (SSSR count). The molecule has 22 heteroatoms. The molecule has 1 saturated carbocycles. The van der Waals surface area contributed by atoms with Crippen molar-refractivity contribution < 1.29 is 72.7 Å². The Hall–Kier alpha value is -4.61. The molecule has 0 spiro atoms. The molecular weight excluding hydrogens is 1180 g/mol. The number of hydrogen-bond donors (Lipinski definition) is 2. The van der Waals surface area contributed by atoms with Gasteiger partial charge in [0.25, 0.3) is 0 Å². The second-order valence-corrected chi connectivity index (χ2v) is 23.4. The van der Waals surface area contributed by atoms with Crippen LogP contribution in [0.15, 0.2) is 29.4 Å². The number of alkyl halides is 6. The molecule has 4 aliphatic rings. The molecule has 14 nitrogen and oxygen atoms in total. The number of fused-ring (bicyclic) bond motifs is 3. The Kier molecular flexibility index (Phi) is 18.8. The van der Waals surface area contributed by atoms with Gasteiger partial charge >= 0.3 is 331 Å². The first-order valence-corrected chi connectivity index (χ1v) is 27.2. The minimum atomic E-state index is -4.77. The first-order chi connectivity index (χ1) is 35.6. The zero-order valence-corrected chi connectivity index (χ0v) is 47.0. The molecule has 76 heavy (non-hydrogen) atoms. The Bertz CT molecular complexity index is 2660. The quantitative estimate of drug-likeness (QED) is 0.103. The van der Waals surface area contributed by atoms with Crippen molar-refractivity contribution in [3.63, 3.8) is 0 Å². The fraction of sp³-hybridized carbons (Fsp3) is 0.630. The number of rotatable bonds is 12. The molecule has 3 aliphatic heterocycles. The van der Waals surface area contributed by atoms with Gasteiger partial charge in [0.15, 0.2) is 0 Å². The van der Waals surface area contributed by atoms with Crippen molar-refractivity contribution in [3.8, 4) is 11.3 Å². The third kappa shape index (κ3) is 14.2. The normalized spacial score (nSPS) is 23.4. The Morgan fingerprint density at radius 1 is 1.01 bits per heavy atom. The van der Waals surface area contributed by atoms with E-state index >= 15 is 4.39 Å². The van der Waals surface area contributed by atoms with Gasteiger partial charge < -0.3 is 14.5 Å². The maximum atomic E-state index is 16.7. The molecule has 2 amide bonds. The molecule has 2 saturated heterocycles. The number of pyridine rings is 1. The summed E-state index contributed by atoms with van der Waals surface area (Å²) in [7, 11) is 5.13. The van der Waals surface area contributed by atoms with Gasteiger partial charge in [0.2, 0.25) is 0 Å². The van der Waals surface area contributed by atoms with Crippen molar-refractivity contribution in [1.29, 1.82) is 0 Å². The Labute approximate surface area is 450 Å². The van der Waals surface area contributed by atoms with Crippen molar-refractivity contribution in [2.45, 2.75) is 136 Å². The second kappa shape index (κ2) is 24.2. The van der Waals surface area contributed by atoms with Crippen LogP contribution >= 0.6 is 0 Å². The fourth-order valence-corrected chi connectivity index (χ4v) is 12.8. The SMILES string of the molecule is [CH-]=C1N=[C-]C[C@H](N[C](=[Os])[C@H](C(C)C)N(C)C(=O)C2CCC(CC(F)(F)F)CC2)C(=O)N2CCC[C@H](N2)C(=O)OCC(C)(C)Cc2c(-c3cc(N4CCN(C)CC4)cnc3[C@H](C)OC)n(CC(F)(F)F)c3cc(F)c1cc23. The number of hydrazine groups is 1. The summed E-state index contributed by atoms with van der Waals surface area (Å²) < 4.78 is 115. The molecule has 0 unspecified atom stereocenters. The van der Waals surface area contributed by atoms with Crippen LogP contribution in [0.2, 0.25) is 0 Å². The number of methoxy groups -OCH3 is 1. The van der Waals surface area contributed by atoms with Gasteiger partial charge in [-0.05, 0) is 20.0 Å². The number of piperazine rings is 1. The molecule has 3 aromatic rings. The molecule has 4 atom stereocenters. The van der Waals surface area contributed by atoms with Crippen molar-refractivity contribution in [2.75, 3.05) is 65.4 Å². The van der Waals surface area contributed by atoms with Crippen molar-refractivity contribution in [1.82, 2.24) is 35.1 Å². The predicted molar refractivity (Wildman–Crippen MR) is 272 cm³/mol. The summed E-state index contributed by atoms with van der Waals surface area (Å²) >= 11 is 1.45. The zero-order chi connectivity index (χ0) is 55.6. The van der Waals surface area contributed by atoms with Crippen LogP contribution in [-0.2, 0) is 55.0 Å². The van der Waals surface area contributed by atoms with Gasteiger partial charge in [-0.2, -0.15) is 13.2 Å². The molecule has 4 bridgehead atoms. The Morgan fingerprint density at radius 3 is 2.33 bits per heavy atom. The third-order valence-corrected chi connectivity index (χ3v) is 16.2. The van der Waals surface area contributed by atoms with E-state index in [4.69, 9.17) is 21.0 Å². The van der Waals surface area contributed by atoms with E-state index in [1.807, 2.05) is 40.8 Å². The number of benzene rings is 1. The number of aliphatic imine (C=N–C) groups is 1. The summed E-state index contributed by atoms with van der Waals surface area (Å²) in [5.41, 5.74) is 3.35. The number of nitrogens with one attached hydrogen (secondary N) is 2. The van der Waals surface area contributed by atoms with E-state index in [-0.39, 0.29) is 78.5 Å². The molecule has 2 N–H and O–H groups in total. The van der Waals surface area contributed by atoms with Crippen LogP contribution in [0, 0.1) is 35.6 Å². The number of cyclic esters (lactones) is 1. The van der Waals surface area contributed by atoms with E-state index in [9.17, 15) is 40.7 Å². The zero-order valence-electron chi connectivity index (χ0n) is 44.4. The van der Waals surface area contributed by atoms with Crippen LogP contribution in [0.5, 0.6) is 0 Å². The average Bonchev–Trinajstić information content (AvgIpc) is 3.62. The molecule has 5 heterocycles. The van der Waals surface area contributed by atoms with Gasteiger partial charge in [-0.25, -0.2) is 0 Å². The number of nitrogens with zero attached hydrogens (tertiary/aromatic N) is 7. The first-order valence-electron chi connectivity index (χ1n) is 25.9.